The van der Waals surface area contributed by atoms with E-state index in [0.29, 0.717) is 16.3 Å². The van der Waals surface area contributed by atoms with Crippen LogP contribution in [0.5, 0.6) is 0 Å². The summed E-state index contributed by atoms with van der Waals surface area (Å²) < 4.78 is 11.8. The Labute approximate surface area is 183 Å². The number of carbonyl (C=O) groups is 3. The number of thiophene rings is 1. The van der Waals surface area contributed by atoms with Crippen LogP contribution >= 0.6 is 22.9 Å². The molecule has 30 heavy (non-hydrogen) atoms. The van der Waals surface area contributed by atoms with Crippen molar-refractivity contribution in [3.63, 3.8) is 0 Å². The lowest BCUT2D eigenvalue weighted by Gasteiger charge is -2.14. The van der Waals surface area contributed by atoms with E-state index in [2.05, 4.69) is 10.4 Å². The van der Waals surface area contributed by atoms with Crippen LogP contribution in [0.15, 0.2) is 0 Å². The van der Waals surface area contributed by atoms with E-state index in [-0.39, 0.29) is 16.8 Å². The Kier molecular flexibility index (Phi) is 6.82. The van der Waals surface area contributed by atoms with E-state index >= 15 is 0 Å². The van der Waals surface area contributed by atoms with Crippen molar-refractivity contribution in [1.82, 2.24) is 9.78 Å². The first-order valence-corrected chi connectivity index (χ1v) is 10.9. The van der Waals surface area contributed by atoms with Crippen LogP contribution in [0.3, 0.4) is 0 Å². The molecule has 2 aromatic rings. The molecule has 3 rings (SSSR count). The molecular formula is C20H24ClN3O5S. The molecule has 2 heterocycles. The molecule has 0 saturated heterocycles. The molecule has 1 amide bonds. The Morgan fingerprint density at radius 2 is 1.90 bits per heavy atom. The highest BCUT2D eigenvalue weighted by atomic mass is 35.5. The zero-order valence-corrected chi connectivity index (χ0v) is 18.9. The minimum absolute atomic E-state index is 0.125. The van der Waals surface area contributed by atoms with Crippen LogP contribution in [0.4, 0.5) is 5.00 Å². The van der Waals surface area contributed by atoms with Gasteiger partial charge in [-0.15, -0.1) is 11.3 Å². The highest BCUT2D eigenvalue weighted by molar-refractivity contribution is 7.17. The fourth-order valence-corrected chi connectivity index (χ4v) is 4.92. The fourth-order valence-electron chi connectivity index (χ4n) is 3.37. The van der Waals surface area contributed by atoms with Crippen LogP contribution in [-0.2, 0) is 34.2 Å². The summed E-state index contributed by atoms with van der Waals surface area (Å²) in [6, 6.07) is 0. The van der Waals surface area contributed by atoms with Crippen molar-refractivity contribution in [2.24, 2.45) is 7.05 Å². The second-order valence-corrected chi connectivity index (χ2v) is 8.83. The van der Waals surface area contributed by atoms with Gasteiger partial charge in [0.25, 0.3) is 5.91 Å². The summed E-state index contributed by atoms with van der Waals surface area (Å²) in [4.78, 5) is 38.5. The lowest BCUT2D eigenvalue weighted by Crippen LogP contribution is -2.22. The Hall–Kier alpha value is -2.39. The molecule has 162 valence electrons. The average Bonchev–Trinajstić information content (AvgIpc) is 3.15. The topological polar surface area (TPSA) is 99.5 Å². The fraction of sp³-hybridized carbons (Fsp3) is 0.500. The molecule has 1 aliphatic rings. The summed E-state index contributed by atoms with van der Waals surface area (Å²) in [5.74, 6) is -1.72. The molecule has 1 aliphatic carbocycles. The van der Waals surface area contributed by atoms with Crippen molar-refractivity contribution in [3.05, 3.63) is 32.4 Å². The van der Waals surface area contributed by atoms with Gasteiger partial charge in [-0.3, -0.25) is 9.48 Å². The number of carbonyl (C=O) groups excluding carboxylic acids is 3. The molecule has 10 heteroatoms. The van der Waals surface area contributed by atoms with Gasteiger partial charge in [0, 0.05) is 11.9 Å². The molecule has 8 nitrogen and oxygen atoms in total. The summed E-state index contributed by atoms with van der Waals surface area (Å²) in [5.41, 5.74) is 1.90. The Balaban J connectivity index is 1.72. The zero-order chi connectivity index (χ0) is 22.0. The molecule has 0 spiro atoms. The van der Waals surface area contributed by atoms with E-state index in [9.17, 15) is 14.4 Å². The highest BCUT2D eigenvalue weighted by Crippen LogP contribution is 2.38. The molecule has 0 bridgehead atoms. The maximum atomic E-state index is 12.6. The molecule has 0 aliphatic heterocycles. The third kappa shape index (κ3) is 4.67. The number of halogens is 1. The molecule has 1 N–H and O–H groups in total. The number of hydrogen-bond acceptors (Lipinski definition) is 7. The smallest absolute Gasteiger partial charge is 0.343 e. The minimum atomic E-state index is -0.731. The molecule has 2 aromatic heterocycles. The van der Waals surface area contributed by atoms with Crippen LogP contribution in [-0.4, -0.2) is 40.3 Å². The van der Waals surface area contributed by atoms with Crippen molar-refractivity contribution in [2.75, 3.05) is 11.9 Å². The van der Waals surface area contributed by atoms with E-state index in [1.165, 1.54) is 16.0 Å². The van der Waals surface area contributed by atoms with Gasteiger partial charge in [-0.25, -0.2) is 9.59 Å². The van der Waals surface area contributed by atoms with Gasteiger partial charge in [0.15, 0.2) is 6.61 Å². The number of nitrogens with zero attached hydrogens (tertiary/aromatic N) is 2. The molecule has 0 saturated carbocycles. The summed E-state index contributed by atoms with van der Waals surface area (Å²) >= 11 is 7.44. The quantitative estimate of drug-likeness (QED) is 0.669. The van der Waals surface area contributed by atoms with Gasteiger partial charge in [0.2, 0.25) is 0 Å². The number of anilines is 1. The summed E-state index contributed by atoms with van der Waals surface area (Å²) in [6.45, 7) is 4.68. The maximum Gasteiger partial charge on any atom is 0.343 e. The number of hydrogen-bond donors (Lipinski definition) is 1. The van der Waals surface area contributed by atoms with Gasteiger partial charge < -0.3 is 14.8 Å². The van der Waals surface area contributed by atoms with Crippen molar-refractivity contribution in [1.29, 1.82) is 0 Å². The molecule has 0 unspecified atom stereocenters. The minimum Gasteiger partial charge on any atom is -0.459 e. The highest BCUT2D eigenvalue weighted by Gasteiger charge is 2.28. The first-order chi connectivity index (χ1) is 14.2. The van der Waals surface area contributed by atoms with Crippen LogP contribution in [0.2, 0.25) is 5.15 Å². The number of ether oxygens (including phenoxy) is 2. The first kappa shape index (κ1) is 22.3. The molecule has 0 fully saturated rings. The maximum absolute atomic E-state index is 12.6. The van der Waals surface area contributed by atoms with Gasteiger partial charge in [0.05, 0.1) is 17.4 Å². The molecule has 0 radical (unpaired) electrons. The van der Waals surface area contributed by atoms with Gasteiger partial charge in [0.1, 0.15) is 15.7 Å². The second kappa shape index (κ2) is 9.18. The van der Waals surface area contributed by atoms with Crippen molar-refractivity contribution < 1.29 is 23.9 Å². The Morgan fingerprint density at radius 1 is 1.20 bits per heavy atom. The first-order valence-electron chi connectivity index (χ1n) is 9.70. The number of aryl methyl sites for hydroxylation is 3. The SMILES string of the molecule is Cc1nn(C)c(Cl)c1C(=O)OCC(=O)Nc1sc2c(c1C(=O)OC(C)C)CCCC2. The molecular weight excluding hydrogens is 430 g/mol. The number of esters is 2. The van der Waals surface area contributed by atoms with Crippen molar-refractivity contribution in [3.8, 4) is 0 Å². The summed E-state index contributed by atoms with van der Waals surface area (Å²) in [7, 11) is 1.61. The normalized spacial score (nSPS) is 13.1. The average molecular weight is 454 g/mol. The van der Waals surface area contributed by atoms with Crippen LogP contribution in [0.25, 0.3) is 0 Å². The van der Waals surface area contributed by atoms with E-state index in [4.69, 9.17) is 21.1 Å². The molecule has 0 atom stereocenters. The second-order valence-electron chi connectivity index (χ2n) is 7.37. The van der Waals surface area contributed by atoms with Crippen molar-refractivity contribution >= 4 is 45.8 Å². The van der Waals surface area contributed by atoms with Crippen LogP contribution in [0.1, 0.15) is 63.5 Å². The predicted molar refractivity (Wildman–Crippen MR) is 113 cm³/mol. The summed E-state index contributed by atoms with van der Waals surface area (Å²) in [6.07, 6.45) is 3.40. The van der Waals surface area contributed by atoms with Gasteiger partial charge >= 0.3 is 11.9 Å². The Bertz CT molecular complexity index is 995. The van der Waals surface area contributed by atoms with E-state index in [0.717, 1.165) is 36.1 Å². The predicted octanol–water partition coefficient (Wildman–Crippen LogP) is 3.68. The zero-order valence-electron chi connectivity index (χ0n) is 17.3. The number of nitrogens with one attached hydrogen (secondary N) is 1. The number of rotatable bonds is 6. The van der Waals surface area contributed by atoms with Gasteiger partial charge in [-0.1, -0.05) is 11.6 Å². The van der Waals surface area contributed by atoms with Crippen molar-refractivity contribution in [2.45, 2.75) is 52.6 Å². The van der Waals surface area contributed by atoms with Gasteiger partial charge in [-0.2, -0.15) is 5.10 Å². The third-order valence-corrected chi connectivity index (χ3v) is 6.30. The third-order valence-electron chi connectivity index (χ3n) is 4.66. The van der Waals surface area contributed by atoms with E-state index in [1.54, 1.807) is 27.8 Å². The van der Waals surface area contributed by atoms with Crippen LogP contribution < -0.4 is 5.32 Å². The number of amides is 1. The summed E-state index contributed by atoms with van der Waals surface area (Å²) in [5, 5.41) is 7.34. The monoisotopic (exact) mass is 453 g/mol. The lowest BCUT2D eigenvalue weighted by atomic mass is 9.95. The largest absolute Gasteiger partial charge is 0.459 e. The standard InChI is InChI=1S/C20H24ClN3O5S/c1-10(2)29-20(27)16-12-7-5-6-8-13(12)30-18(16)22-14(25)9-28-19(26)15-11(3)23-24(4)17(15)21/h10H,5-9H2,1-4H3,(H,22,25). The number of aromatic nitrogens is 2. The van der Waals surface area contributed by atoms with Gasteiger partial charge in [-0.05, 0) is 52.0 Å². The Morgan fingerprint density at radius 3 is 2.53 bits per heavy atom. The van der Waals surface area contributed by atoms with Crippen LogP contribution in [0, 0.1) is 6.92 Å². The molecule has 0 aromatic carbocycles. The van der Waals surface area contributed by atoms with E-state index in [1.807, 2.05) is 0 Å². The lowest BCUT2D eigenvalue weighted by molar-refractivity contribution is -0.119. The van der Waals surface area contributed by atoms with E-state index < -0.39 is 24.5 Å². The number of fused-ring (bicyclic) bond motifs is 1.